The Morgan fingerprint density at radius 3 is 2.82 bits per heavy atom. The number of nitrogens with zero attached hydrogens (tertiary/aromatic N) is 5. The van der Waals surface area contributed by atoms with E-state index >= 15 is 0 Å². The second-order valence-corrected chi connectivity index (χ2v) is 7.41. The van der Waals surface area contributed by atoms with E-state index in [-0.39, 0.29) is 5.91 Å². The molecule has 4 heterocycles. The third kappa shape index (κ3) is 3.75. The number of hydrogen-bond acceptors (Lipinski definition) is 7. The highest BCUT2D eigenvalue weighted by Gasteiger charge is 2.20. The SMILES string of the molecule is C#Cc1ccc2nc(Nc3cc(N4CCN(C(=O)CC)CC4)ccn3)sc2n1. The number of anilines is 3. The molecular formula is C20H20N6OS. The summed E-state index contributed by atoms with van der Waals surface area (Å²) in [6, 6.07) is 7.65. The van der Waals surface area contributed by atoms with E-state index < -0.39 is 0 Å². The Morgan fingerprint density at radius 2 is 2.07 bits per heavy atom. The minimum atomic E-state index is 0.217. The molecule has 4 rings (SSSR count). The fraction of sp³-hybridized carbons (Fsp3) is 0.300. The highest BCUT2D eigenvalue weighted by molar-refractivity contribution is 7.21. The van der Waals surface area contributed by atoms with Crippen LogP contribution in [0.1, 0.15) is 19.0 Å². The average molecular weight is 392 g/mol. The van der Waals surface area contributed by atoms with E-state index in [9.17, 15) is 4.79 Å². The minimum absolute atomic E-state index is 0.217. The maximum atomic E-state index is 11.8. The Labute approximate surface area is 167 Å². The lowest BCUT2D eigenvalue weighted by Gasteiger charge is -2.36. The van der Waals surface area contributed by atoms with Crippen LogP contribution in [-0.2, 0) is 4.79 Å². The van der Waals surface area contributed by atoms with Crippen LogP contribution in [0.5, 0.6) is 0 Å². The molecule has 0 spiro atoms. The van der Waals surface area contributed by atoms with Crippen molar-refractivity contribution in [2.75, 3.05) is 36.4 Å². The number of thiazole rings is 1. The van der Waals surface area contributed by atoms with Gasteiger partial charge < -0.3 is 15.1 Å². The van der Waals surface area contributed by atoms with E-state index in [4.69, 9.17) is 6.42 Å². The molecule has 3 aromatic rings. The highest BCUT2D eigenvalue weighted by atomic mass is 32.1. The first-order valence-electron chi connectivity index (χ1n) is 9.16. The zero-order valence-electron chi connectivity index (χ0n) is 15.6. The number of carbonyl (C=O) groups excluding carboxylic acids is 1. The quantitative estimate of drug-likeness (QED) is 0.688. The summed E-state index contributed by atoms with van der Waals surface area (Å²) in [6.07, 6.45) is 7.75. The normalized spacial score (nSPS) is 14.1. The van der Waals surface area contributed by atoms with Crippen molar-refractivity contribution in [2.45, 2.75) is 13.3 Å². The van der Waals surface area contributed by atoms with E-state index in [1.54, 1.807) is 12.3 Å². The number of aromatic nitrogens is 3. The van der Waals surface area contributed by atoms with Crippen LogP contribution in [0.25, 0.3) is 10.3 Å². The lowest BCUT2D eigenvalue weighted by molar-refractivity contribution is -0.131. The predicted octanol–water partition coefficient (Wildman–Crippen LogP) is 2.87. The Morgan fingerprint density at radius 1 is 1.25 bits per heavy atom. The molecule has 0 bridgehead atoms. The fourth-order valence-corrected chi connectivity index (χ4v) is 4.03. The number of carbonyl (C=O) groups is 1. The minimum Gasteiger partial charge on any atom is -0.368 e. The number of fused-ring (bicyclic) bond motifs is 1. The molecular weight excluding hydrogens is 372 g/mol. The molecule has 1 saturated heterocycles. The van der Waals surface area contributed by atoms with Gasteiger partial charge in [-0.05, 0) is 18.2 Å². The van der Waals surface area contributed by atoms with E-state index in [0.29, 0.717) is 12.1 Å². The molecule has 1 aliphatic heterocycles. The Hall–Kier alpha value is -3.18. The second-order valence-electron chi connectivity index (χ2n) is 6.43. The van der Waals surface area contributed by atoms with Gasteiger partial charge in [0, 0.05) is 50.6 Å². The maximum absolute atomic E-state index is 11.8. The summed E-state index contributed by atoms with van der Waals surface area (Å²) in [4.78, 5) is 30.2. The third-order valence-corrected chi connectivity index (χ3v) is 5.56. The third-order valence-electron chi connectivity index (χ3n) is 4.68. The highest BCUT2D eigenvalue weighted by Crippen LogP contribution is 2.28. The van der Waals surface area contributed by atoms with Crippen molar-refractivity contribution in [1.82, 2.24) is 19.9 Å². The molecule has 1 amide bonds. The van der Waals surface area contributed by atoms with Crippen LogP contribution in [0.2, 0.25) is 0 Å². The average Bonchev–Trinajstić information content (AvgIpc) is 3.14. The smallest absolute Gasteiger partial charge is 0.222 e. The molecule has 0 aromatic carbocycles. The fourth-order valence-electron chi connectivity index (χ4n) is 3.18. The van der Waals surface area contributed by atoms with E-state index in [1.807, 2.05) is 30.0 Å². The molecule has 142 valence electrons. The van der Waals surface area contributed by atoms with Crippen molar-refractivity contribution in [3.63, 3.8) is 0 Å². The van der Waals surface area contributed by atoms with E-state index in [2.05, 4.69) is 31.1 Å². The molecule has 7 nitrogen and oxygen atoms in total. The molecule has 8 heteroatoms. The van der Waals surface area contributed by atoms with Crippen molar-refractivity contribution < 1.29 is 4.79 Å². The van der Waals surface area contributed by atoms with Gasteiger partial charge in [0.05, 0.1) is 0 Å². The topological polar surface area (TPSA) is 74.2 Å². The van der Waals surface area contributed by atoms with Gasteiger partial charge in [-0.25, -0.2) is 15.0 Å². The number of amides is 1. The lowest BCUT2D eigenvalue weighted by atomic mass is 10.2. The number of pyridine rings is 2. The number of piperazine rings is 1. The van der Waals surface area contributed by atoms with Crippen LogP contribution >= 0.6 is 11.3 Å². The van der Waals surface area contributed by atoms with Crippen LogP contribution < -0.4 is 10.2 Å². The van der Waals surface area contributed by atoms with Crippen molar-refractivity contribution >= 4 is 44.2 Å². The van der Waals surface area contributed by atoms with Gasteiger partial charge in [0.1, 0.15) is 21.9 Å². The predicted molar refractivity (Wildman–Crippen MR) is 112 cm³/mol. The number of rotatable bonds is 4. The van der Waals surface area contributed by atoms with Crippen LogP contribution in [0.4, 0.5) is 16.6 Å². The zero-order chi connectivity index (χ0) is 19.5. The van der Waals surface area contributed by atoms with Crippen LogP contribution in [0.15, 0.2) is 30.5 Å². The van der Waals surface area contributed by atoms with Gasteiger partial charge in [-0.15, -0.1) is 6.42 Å². The lowest BCUT2D eigenvalue weighted by Crippen LogP contribution is -2.48. The van der Waals surface area contributed by atoms with Gasteiger partial charge in [0.25, 0.3) is 0 Å². The molecule has 0 saturated carbocycles. The van der Waals surface area contributed by atoms with Gasteiger partial charge in [-0.2, -0.15) is 0 Å². The summed E-state index contributed by atoms with van der Waals surface area (Å²) in [6.45, 7) is 5.03. The van der Waals surface area contributed by atoms with Crippen molar-refractivity contribution in [3.05, 3.63) is 36.2 Å². The van der Waals surface area contributed by atoms with Gasteiger partial charge in [-0.1, -0.05) is 24.2 Å². The van der Waals surface area contributed by atoms with E-state index in [0.717, 1.165) is 53.2 Å². The summed E-state index contributed by atoms with van der Waals surface area (Å²) in [5, 5.41) is 3.98. The summed E-state index contributed by atoms with van der Waals surface area (Å²) >= 11 is 1.44. The van der Waals surface area contributed by atoms with Crippen molar-refractivity contribution in [3.8, 4) is 12.3 Å². The van der Waals surface area contributed by atoms with Crippen molar-refractivity contribution in [2.24, 2.45) is 0 Å². The van der Waals surface area contributed by atoms with Gasteiger partial charge >= 0.3 is 0 Å². The summed E-state index contributed by atoms with van der Waals surface area (Å²) in [5.41, 5.74) is 2.48. The number of nitrogens with one attached hydrogen (secondary N) is 1. The maximum Gasteiger partial charge on any atom is 0.222 e. The summed E-state index contributed by atoms with van der Waals surface area (Å²) in [7, 11) is 0. The second kappa shape index (κ2) is 7.82. The standard InChI is InChI=1S/C20H20N6OS/c1-3-14-5-6-16-19(22-14)28-20(23-16)24-17-13-15(7-8-21-17)25-9-11-26(12-10-25)18(27)4-2/h1,5-8,13H,4,9-12H2,2H3,(H,21,23,24). The molecule has 0 unspecified atom stereocenters. The Kier molecular flexibility index (Phi) is 5.08. The monoisotopic (exact) mass is 392 g/mol. The van der Waals surface area contributed by atoms with Gasteiger partial charge in [0.2, 0.25) is 5.91 Å². The van der Waals surface area contributed by atoms with Crippen LogP contribution in [-0.4, -0.2) is 51.9 Å². The van der Waals surface area contributed by atoms with Crippen molar-refractivity contribution in [1.29, 1.82) is 0 Å². The van der Waals surface area contributed by atoms with Crippen LogP contribution in [0.3, 0.4) is 0 Å². The van der Waals surface area contributed by atoms with Gasteiger partial charge in [-0.3, -0.25) is 4.79 Å². The molecule has 28 heavy (non-hydrogen) atoms. The first-order chi connectivity index (χ1) is 13.7. The Bertz CT molecular complexity index is 1050. The molecule has 0 aliphatic carbocycles. The largest absolute Gasteiger partial charge is 0.368 e. The van der Waals surface area contributed by atoms with Crippen LogP contribution in [0, 0.1) is 12.3 Å². The molecule has 0 radical (unpaired) electrons. The molecule has 0 atom stereocenters. The molecule has 1 aliphatic rings. The Balaban J connectivity index is 1.47. The first-order valence-corrected chi connectivity index (χ1v) is 9.98. The van der Waals surface area contributed by atoms with E-state index in [1.165, 1.54) is 11.3 Å². The summed E-state index contributed by atoms with van der Waals surface area (Å²) < 4.78 is 0. The summed E-state index contributed by atoms with van der Waals surface area (Å²) in [5.74, 6) is 3.48. The molecule has 3 aromatic heterocycles. The number of terminal acetylenes is 1. The number of hydrogen-bond donors (Lipinski definition) is 1. The zero-order valence-corrected chi connectivity index (χ0v) is 16.4. The molecule has 1 N–H and O–H groups in total. The first kappa shape index (κ1) is 18.2. The molecule has 1 fully saturated rings. The van der Waals surface area contributed by atoms with Gasteiger partial charge in [0.15, 0.2) is 5.13 Å².